The van der Waals surface area contributed by atoms with E-state index in [0.717, 1.165) is 4.57 Å². The molecule has 0 saturated carbocycles. The smallest absolute Gasteiger partial charge is 0.325 e. The van der Waals surface area contributed by atoms with E-state index in [2.05, 4.69) is 4.98 Å². The summed E-state index contributed by atoms with van der Waals surface area (Å²) >= 11 is 0. The normalized spacial score (nSPS) is 15.4. The lowest BCUT2D eigenvalue weighted by molar-refractivity contribution is 0.185. The highest BCUT2D eigenvalue weighted by molar-refractivity contribution is 7.52. The molecular formula is C15H25N4O5P. The van der Waals surface area contributed by atoms with E-state index in [0.29, 0.717) is 37.0 Å². The monoisotopic (exact) mass is 372 g/mol. The van der Waals surface area contributed by atoms with Crippen LogP contribution in [0.1, 0.15) is 33.1 Å². The summed E-state index contributed by atoms with van der Waals surface area (Å²) < 4.78 is 21.2. The van der Waals surface area contributed by atoms with Crippen LogP contribution in [0, 0.1) is 0 Å². The van der Waals surface area contributed by atoms with E-state index < -0.39 is 18.8 Å². The van der Waals surface area contributed by atoms with Crippen LogP contribution in [0.15, 0.2) is 15.9 Å². The molecule has 0 radical (unpaired) electrons. The van der Waals surface area contributed by atoms with Crippen molar-refractivity contribution >= 4 is 18.8 Å². The van der Waals surface area contributed by atoms with Gasteiger partial charge in [-0.25, -0.2) is 9.78 Å². The van der Waals surface area contributed by atoms with E-state index in [1.807, 2.05) is 6.92 Å². The molecule has 0 aliphatic carbocycles. The predicted molar refractivity (Wildman–Crippen MR) is 95.0 cm³/mol. The molecule has 25 heavy (non-hydrogen) atoms. The summed E-state index contributed by atoms with van der Waals surface area (Å²) in [6, 6.07) is 0. The highest BCUT2D eigenvalue weighted by atomic mass is 31.2. The Balaban J connectivity index is 2.07. The minimum atomic E-state index is -3.59. The Kier molecular flexibility index (Phi) is 6.03. The first kappa shape index (κ1) is 19.6. The molecule has 2 aromatic rings. The van der Waals surface area contributed by atoms with Crippen molar-refractivity contribution in [3.8, 4) is 0 Å². The molecule has 0 aromatic carbocycles. The van der Waals surface area contributed by atoms with E-state index >= 15 is 0 Å². The van der Waals surface area contributed by atoms with Crippen molar-refractivity contribution in [2.24, 2.45) is 14.1 Å². The third-order valence-corrected chi connectivity index (χ3v) is 5.80. The maximum absolute atomic E-state index is 12.3. The minimum Gasteiger partial charge on any atom is -0.325 e. The third-order valence-electron chi connectivity index (χ3n) is 4.23. The summed E-state index contributed by atoms with van der Waals surface area (Å²) in [7, 11) is -0.596. The largest absolute Gasteiger partial charge is 0.332 e. The van der Waals surface area contributed by atoms with Gasteiger partial charge < -0.3 is 14.0 Å². The molecule has 2 heterocycles. The predicted octanol–water partition coefficient (Wildman–Crippen LogP) is 1.21. The van der Waals surface area contributed by atoms with Crippen LogP contribution in [0.3, 0.4) is 0 Å². The number of aryl methyl sites for hydroxylation is 2. The van der Waals surface area contributed by atoms with Crippen molar-refractivity contribution in [2.45, 2.75) is 45.8 Å². The number of aromatic nitrogens is 4. The lowest BCUT2D eigenvalue weighted by Gasteiger charge is -2.16. The second-order valence-electron chi connectivity index (χ2n) is 6.21. The van der Waals surface area contributed by atoms with Gasteiger partial charge in [0.25, 0.3) is 5.56 Å². The van der Waals surface area contributed by atoms with Gasteiger partial charge in [0.05, 0.1) is 18.6 Å². The molecular weight excluding hydrogens is 347 g/mol. The second-order valence-corrected chi connectivity index (χ2v) is 8.14. The highest BCUT2D eigenvalue weighted by Gasteiger charge is 2.21. The fourth-order valence-electron chi connectivity index (χ4n) is 2.57. The van der Waals surface area contributed by atoms with Crippen LogP contribution in [-0.4, -0.2) is 35.8 Å². The average Bonchev–Trinajstić information content (AvgIpc) is 2.98. The first-order valence-corrected chi connectivity index (χ1v) is 10.0. The van der Waals surface area contributed by atoms with Gasteiger partial charge in [-0.2, -0.15) is 0 Å². The molecule has 9 nitrogen and oxygen atoms in total. The minimum absolute atomic E-state index is 0.0699. The van der Waals surface area contributed by atoms with Crippen molar-refractivity contribution in [2.75, 3.05) is 6.16 Å². The molecule has 1 N–H and O–H groups in total. The van der Waals surface area contributed by atoms with Crippen LogP contribution in [0.4, 0.5) is 0 Å². The Labute approximate surface area is 145 Å². The van der Waals surface area contributed by atoms with Crippen LogP contribution < -0.4 is 11.2 Å². The molecule has 140 valence electrons. The topological polar surface area (TPSA) is 108 Å². The number of rotatable bonds is 8. The van der Waals surface area contributed by atoms with Crippen LogP contribution in [0.2, 0.25) is 0 Å². The van der Waals surface area contributed by atoms with Gasteiger partial charge >= 0.3 is 13.3 Å². The first-order chi connectivity index (χ1) is 11.7. The van der Waals surface area contributed by atoms with Crippen molar-refractivity contribution in [3.63, 3.8) is 0 Å². The van der Waals surface area contributed by atoms with Crippen molar-refractivity contribution in [3.05, 3.63) is 27.2 Å². The lowest BCUT2D eigenvalue weighted by Crippen LogP contribution is -2.37. The Morgan fingerprint density at radius 3 is 2.60 bits per heavy atom. The summed E-state index contributed by atoms with van der Waals surface area (Å²) in [6.07, 6.45) is 3.08. The molecule has 0 bridgehead atoms. The van der Waals surface area contributed by atoms with Gasteiger partial charge in [0.2, 0.25) is 0 Å². The number of unbranched alkanes of at least 4 members (excludes halogenated alkanes) is 1. The zero-order chi connectivity index (χ0) is 18.8. The van der Waals surface area contributed by atoms with Gasteiger partial charge in [0.1, 0.15) is 0 Å². The average molecular weight is 372 g/mol. The van der Waals surface area contributed by atoms with Crippen molar-refractivity contribution in [1.29, 1.82) is 0 Å². The summed E-state index contributed by atoms with van der Waals surface area (Å²) in [5.74, 6) is 0. The molecule has 2 aromatic heterocycles. The molecule has 0 spiro atoms. The fourth-order valence-corrected chi connectivity index (χ4v) is 4.01. The summed E-state index contributed by atoms with van der Waals surface area (Å²) in [5, 5.41) is 0. The zero-order valence-electron chi connectivity index (χ0n) is 15.0. The van der Waals surface area contributed by atoms with E-state index in [9.17, 15) is 19.0 Å². The third kappa shape index (κ3) is 4.29. The van der Waals surface area contributed by atoms with Crippen molar-refractivity contribution < 1.29 is 14.0 Å². The molecule has 10 heteroatoms. The Bertz CT molecular complexity index is 913. The molecule has 2 unspecified atom stereocenters. The Morgan fingerprint density at radius 2 is 1.96 bits per heavy atom. The van der Waals surface area contributed by atoms with E-state index in [1.54, 1.807) is 18.5 Å². The van der Waals surface area contributed by atoms with E-state index in [-0.39, 0.29) is 12.3 Å². The molecule has 0 amide bonds. The van der Waals surface area contributed by atoms with Crippen LogP contribution in [0.5, 0.6) is 0 Å². The number of imidazole rings is 1. The number of hydrogen-bond acceptors (Lipinski definition) is 5. The maximum atomic E-state index is 12.3. The summed E-state index contributed by atoms with van der Waals surface area (Å²) in [6.45, 7) is 4.12. The molecule has 0 aliphatic heterocycles. The van der Waals surface area contributed by atoms with Crippen molar-refractivity contribution in [1.82, 2.24) is 18.7 Å². The Morgan fingerprint density at radius 1 is 1.28 bits per heavy atom. The number of hydrogen-bond donors (Lipinski definition) is 1. The second kappa shape index (κ2) is 7.68. The zero-order valence-corrected chi connectivity index (χ0v) is 15.9. The maximum Gasteiger partial charge on any atom is 0.332 e. The van der Waals surface area contributed by atoms with E-state index in [1.165, 1.54) is 17.9 Å². The van der Waals surface area contributed by atoms with Gasteiger partial charge in [0, 0.05) is 20.6 Å². The Hall–Kier alpha value is -1.70. The molecule has 0 saturated heterocycles. The van der Waals surface area contributed by atoms with Gasteiger partial charge in [-0.1, -0.05) is 6.92 Å². The molecule has 0 fully saturated rings. The highest BCUT2D eigenvalue weighted by Crippen LogP contribution is 2.44. The first-order valence-electron chi connectivity index (χ1n) is 8.29. The van der Waals surface area contributed by atoms with Crippen LogP contribution in [-0.2, 0) is 29.7 Å². The molecule has 2 atom stereocenters. The number of nitrogens with zero attached hydrogens (tertiary/aromatic N) is 4. The van der Waals surface area contributed by atoms with Gasteiger partial charge in [-0.05, 0) is 26.2 Å². The lowest BCUT2D eigenvalue weighted by atomic mass is 10.3. The quantitative estimate of drug-likeness (QED) is 0.551. The fraction of sp³-hybridized carbons (Fsp3) is 0.667. The van der Waals surface area contributed by atoms with Gasteiger partial charge in [-0.15, -0.1) is 0 Å². The molecule has 0 aliphatic rings. The number of fused-ring (bicyclic) bond motifs is 1. The van der Waals surface area contributed by atoms with Gasteiger partial charge in [-0.3, -0.25) is 18.5 Å². The SMILES string of the molecule is CCC(C)OP(=O)(O)CCCCn1cnc2c1c(=O)n(C)c(=O)n2C. The standard InChI is InChI=1S/C15H25N4O5P/c1-5-11(2)24-25(22,23)9-7-6-8-19-10-16-13-12(19)14(20)18(4)15(21)17(13)3/h10-11H,5-9H2,1-4H3,(H,22,23). The van der Waals surface area contributed by atoms with Gasteiger partial charge in [0.15, 0.2) is 11.2 Å². The van der Waals surface area contributed by atoms with E-state index in [4.69, 9.17) is 4.52 Å². The van der Waals surface area contributed by atoms with Crippen LogP contribution in [0.25, 0.3) is 11.2 Å². The summed E-state index contributed by atoms with van der Waals surface area (Å²) in [4.78, 5) is 38.2. The summed E-state index contributed by atoms with van der Waals surface area (Å²) in [5.41, 5.74) is -0.136. The molecule has 2 rings (SSSR count). The van der Waals surface area contributed by atoms with Crippen LogP contribution >= 0.6 is 7.60 Å².